The lowest BCUT2D eigenvalue weighted by Crippen LogP contribution is -2.38. The average molecular weight is 445 g/mol. The summed E-state index contributed by atoms with van der Waals surface area (Å²) in [6, 6.07) is 14.3. The summed E-state index contributed by atoms with van der Waals surface area (Å²) in [5.74, 6) is 0.528. The number of carbonyl (C=O) groups excluding carboxylic acids is 1. The molecule has 0 aliphatic carbocycles. The van der Waals surface area contributed by atoms with Crippen LogP contribution in [0, 0.1) is 6.92 Å². The van der Waals surface area contributed by atoms with E-state index in [9.17, 15) is 13.2 Å². The van der Waals surface area contributed by atoms with Crippen LogP contribution >= 0.6 is 11.8 Å². The standard InChI is InChI=1S/C21H24N4O3S2/c1-16-22-12-13-25(16)18-6-4-17(5-7-18)14-23-21(26)15-24(2)30(27,28)20-10-8-19(29-3)9-11-20/h4-13H,14-15H2,1-3H3,(H,23,26). The van der Waals surface area contributed by atoms with Gasteiger partial charge in [-0.05, 0) is 55.1 Å². The van der Waals surface area contributed by atoms with E-state index in [0.717, 1.165) is 26.3 Å². The Labute approximate surface area is 181 Å². The Hall–Kier alpha value is -2.62. The monoisotopic (exact) mass is 444 g/mol. The van der Waals surface area contributed by atoms with Crippen molar-refractivity contribution in [3.05, 3.63) is 72.3 Å². The Morgan fingerprint density at radius 2 is 1.80 bits per heavy atom. The van der Waals surface area contributed by atoms with Gasteiger partial charge in [0.05, 0.1) is 11.4 Å². The number of benzene rings is 2. The first-order valence-corrected chi connectivity index (χ1v) is 11.9. The molecule has 0 atom stereocenters. The third-order valence-electron chi connectivity index (χ3n) is 4.66. The average Bonchev–Trinajstić information content (AvgIpc) is 3.18. The van der Waals surface area contributed by atoms with E-state index in [1.54, 1.807) is 30.5 Å². The van der Waals surface area contributed by atoms with Gasteiger partial charge in [-0.25, -0.2) is 13.4 Å². The fraction of sp³-hybridized carbons (Fsp3) is 0.238. The van der Waals surface area contributed by atoms with E-state index < -0.39 is 10.0 Å². The fourth-order valence-electron chi connectivity index (χ4n) is 2.90. The Morgan fingerprint density at radius 1 is 1.13 bits per heavy atom. The van der Waals surface area contributed by atoms with E-state index >= 15 is 0 Å². The maximum Gasteiger partial charge on any atom is 0.243 e. The lowest BCUT2D eigenvalue weighted by molar-refractivity contribution is -0.121. The number of aryl methyl sites for hydroxylation is 1. The van der Waals surface area contributed by atoms with Gasteiger partial charge in [0, 0.05) is 36.6 Å². The van der Waals surface area contributed by atoms with E-state index in [0.29, 0.717) is 6.54 Å². The van der Waals surface area contributed by atoms with Crippen LogP contribution in [0.3, 0.4) is 0 Å². The van der Waals surface area contributed by atoms with E-state index in [1.165, 1.54) is 18.8 Å². The van der Waals surface area contributed by atoms with E-state index in [1.807, 2.05) is 48.2 Å². The third-order valence-corrected chi connectivity index (χ3v) is 7.23. The number of hydrogen-bond donors (Lipinski definition) is 1. The summed E-state index contributed by atoms with van der Waals surface area (Å²) in [6.45, 7) is 1.99. The lowest BCUT2D eigenvalue weighted by Gasteiger charge is -2.17. The number of imidazole rings is 1. The van der Waals surface area contributed by atoms with Crippen molar-refractivity contribution < 1.29 is 13.2 Å². The quantitative estimate of drug-likeness (QED) is 0.540. The number of carbonyl (C=O) groups is 1. The number of amides is 1. The molecule has 2 aromatic carbocycles. The van der Waals surface area contributed by atoms with Gasteiger partial charge in [0.25, 0.3) is 0 Å². The summed E-state index contributed by atoms with van der Waals surface area (Å²) in [7, 11) is -2.32. The molecule has 0 saturated heterocycles. The number of thioether (sulfide) groups is 1. The molecular formula is C21H24N4O3S2. The molecule has 9 heteroatoms. The van der Waals surface area contributed by atoms with Crippen molar-refractivity contribution in [1.82, 2.24) is 19.2 Å². The Bertz CT molecular complexity index is 1110. The smallest absolute Gasteiger partial charge is 0.243 e. The summed E-state index contributed by atoms with van der Waals surface area (Å²) in [5, 5.41) is 2.77. The van der Waals surface area contributed by atoms with Gasteiger partial charge in [-0.3, -0.25) is 4.79 Å². The van der Waals surface area contributed by atoms with E-state index in [4.69, 9.17) is 0 Å². The second kappa shape index (κ2) is 9.46. The molecule has 1 N–H and O–H groups in total. The summed E-state index contributed by atoms with van der Waals surface area (Å²) < 4.78 is 28.3. The van der Waals surface area contributed by atoms with Gasteiger partial charge in [-0.15, -0.1) is 11.8 Å². The molecular weight excluding hydrogens is 420 g/mol. The number of rotatable bonds is 8. The molecule has 0 unspecified atom stereocenters. The molecule has 0 fully saturated rings. The minimum Gasteiger partial charge on any atom is -0.351 e. The lowest BCUT2D eigenvalue weighted by atomic mass is 10.2. The van der Waals surface area contributed by atoms with Crippen LogP contribution in [0.1, 0.15) is 11.4 Å². The van der Waals surface area contributed by atoms with E-state index in [-0.39, 0.29) is 17.3 Å². The van der Waals surface area contributed by atoms with Gasteiger partial charge in [0.15, 0.2) is 0 Å². The zero-order chi connectivity index (χ0) is 21.7. The third kappa shape index (κ3) is 5.10. The molecule has 0 spiro atoms. The number of hydrogen-bond acceptors (Lipinski definition) is 5. The van der Waals surface area contributed by atoms with Gasteiger partial charge in [0.2, 0.25) is 15.9 Å². The maximum atomic E-state index is 12.7. The summed E-state index contributed by atoms with van der Waals surface area (Å²) in [4.78, 5) is 17.6. The molecule has 0 radical (unpaired) electrons. The van der Waals surface area contributed by atoms with Crippen molar-refractivity contribution in [2.24, 2.45) is 0 Å². The maximum absolute atomic E-state index is 12.7. The molecule has 0 bridgehead atoms. The molecule has 7 nitrogen and oxygen atoms in total. The van der Waals surface area contributed by atoms with Crippen LogP contribution in [0.15, 0.2) is 70.7 Å². The largest absolute Gasteiger partial charge is 0.351 e. The Morgan fingerprint density at radius 3 is 2.37 bits per heavy atom. The van der Waals surface area contributed by atoms with Crippen molar-refractivity contribution in [2.45, 2.75) is 23.3 Å². The van der Waals surface area contributed by atoms with Crippen LogP contribution in [-0.4, -0.2) is 48.0 Å². The molecule has 0 aliphatic heterocycles. The molecule has 158 valence electrons. The van der Waals surface area contributed by atoms with Crippen molar-refractivity contribution in [3.8, 4) is 5.69 Å². The van der Waals surface area contributed by atoms with Crippen LogP contribution in [0.5, 0.6) is 0 Å². The zero-order valence-electron chi connectivity index (χ0n) is 17.1. The van der Waals surface area contributed by atoms with Gasteiger partial charge in [0.1, 0.15) is 5.82 Å². The molecule has 1 amide bonds. The summed E-state index contributed by atoms with van der Waals surface area (Å²) in [5.41, 5.74) is 1.90. The number of aromatic nitrogens is 2. The van der Waals surface area contributed by atoms with Crippen LogP contribution in [0.4, 0.5) is 0 Å². The Balaban J connectivity index is 1.56. The summed E-state index contributed by atoms with van der Waals surface area (Å²) >= 11 is 1.54. The number of sulfonamides is 1. The Kier molecular flexibility index (Phi) is 6.96. The van der Waals surface area contributed by atoms with Gasteiger partial charge in [-0.2, -0.15) is 4.31 Å². The molecule has 1 heterocycles. The summed E-state index contributed by atoms with van der Waals surface area (Å²) in [6.07, 6.45) is 5.55. The predicted molar refractivity (Wildman–Crippen MR) is 118 cm³/mol. The molecule has 0 aliphatic rings. The minimum atomic E-state index is -3.72. The minimum absolute atomic E-state index is 0.168. The van der Waals surface area contributed by atoms with Gasteiger partial charge < -0.3 is 9.88 Å². The first-order chi connectivity index (χ1) is 14.3. The highest BCUT2D eigenvalue weighted by atomic mass is 32.2. The second-order valence-corrected chi connectivity index (χ2v) is 9.65. The molecule has 30 heavy (non-hydrogen) atoms. The number of nitrogens with zero attached hydrogens (tertiary/aromatic N) is 3. The molecule has 3 rings (SSSR count). The van der Waals surface area contributed by atoms with Crippen LogP contribution in [-0.2, 0) is 21.4 Å². The molecule has 3 aromatic rings. The van der Waals surface area contributed by atoms with Gasteiger partial charge >= 0.3 is 0 Å². The van der Waals surface area contributed by atoms with Crippen LogP contribution < -0.4 is 5.32 Å². The molecule has 0 saturated carbocycles. The topological polar surface area (TPSA) is 84.3 Å². The second-order valence-electron chi connectivity index (χ2n) is 6.72. The highest BCUT2D eigenvalue weighted by molar-refractivity contribution is 7.98. The van der Waals surface area contributed by atoms with Gasteiger partial charge in [-0.1, -0.05) is 12.1 Å². The van der Waals surface area contributed by atoms with Crippen LogP contribution in [0.2, 0.25) is 0 Å². The molecule has 1 aromatic heterocycles. The van der Waals surface area contributed by atoms with Crippen molar-refractivity contribution in [1.29, 1.82) is 0 Å². The SMILES string of the molecule is CSc1ccc(S(=O)(=O)N(C)CC(=O)NCc2ccc(-n3ccnc3C)cc2)cc1. The normalized spacial score (nSPS) is 11.6. The predicted octanol–water partition coefficient (Wildman–Crippen LogP) is 2.84. The van der Waals surface area contributed by atoms with E-state index in [2.05, 4.69) is 10.3 Å². The van der Waals surface area contributed by atoms with Crippen LogP contribution in [0.25, 0.3) is 5.69 Å². The first kappa shape index (κ1) is 22.1. The fourth-order valence-corrected chi connectivity index (χ4v) is 4.43. The highest BCUT2D eigenvalue weighted by Gasteiger charge is 2.22. The number of nitrogens with one attached hydrogen (secondary N) is 1. The van der Waals surface area contributed by atoms with Crippen molar-refractivity contribution in [2.75, 3.05) is 19.8 Å². The van der Waals surface area contributed by atoms with Crippen molar-refractivity contribution in [3.63, 3.8) is 0 Å². The number of likely N-dealkylation sites (N-methyl/N-ethyl adjacent to an activating group) is 1. The van der Waals surface area contributed by atoms with Crippen molar-refractivity contribution >= 4 is 27.7 Å². The highest BCUT2D eigenvalue weighted by Crippen LogP contribution is 2.19. The zero-order valence-corrected chi connectivity index (χ0v) is 18.7. The first-order valence-electron chi connectivity index (χ1n) is 9.27.